The zero-order valence-corrected chi connectivity index (χ0v) is 13.2. The third-order valence-electron chi connectivity index (χ3n) is 3.12. The van der Waals surface area contributed by atoms with Crippen molar-refractivity contribution >= 4 is 33.2 Å². The van der Waals surface area contributed by atoms with Crippen LogP contribution in [0.4, 0.5) is 11.4 Å². The van der Waals surface area contributed by atoms with Gasteiger partial charge >= 0.3 is 0 Å². The lowest BCUT2D eigenvalue weighted by Crippen LogP contribution is -2.15. The van der Waals surface area contributed by atoms with Crippen LogP contribution < -0.4 is 5.32 Å². The van der Waals surface area contributed by atoms with Crippen molar-refractivity contribution in [1.29, 1.82) is 0 Å². The van der Waals surface area contributed by atoms with Gasteiger partial charge in [0, 0.05) is 35.0 Å². The highest BCUT2D eigenvalue weighted by Crippen LogP contribution is 2.24. The normalized spacial score (nSPS) is 10.4. The highest BCUT2D eigenvalue weighted by atomic mass is 79.9. The maximum absolute atomic E-state index is 12.2. The minimum atomic E-state index is -0.437. The van der Waals surface area contributed by atoms with Crippen LogP contribution in [0.3, 0.4) is 0 Å². The number of halogens is 1. The smallest absolute Gasteiger partial charge is 0.274 e. The Labute approximate surface area is 130 Å². The van der Waals surface area contributed by atoms with Crippen LogP contribution in [0.5, 0.6) is 0 Å². The van der Waals surface area contributed by atoms with Gasteiger partial charge < -0.3 is 9.88 Å². The number of nitro groups is 1. The molecule has 0 saturated carbocycles. The second-order valence-corrected chi connectivity index (χ2v) is 5.48. The molecule has 1 amide bonds. The molecule has 1 heterocycles. The molecule has 0 unspecified atom stereocenters. The van der Waals surface area contributed by atoms with E-state index in [1.54, 1.807) is 36.0 Å². The summed E-state index contributed by atoms with van der Waals surface area (Å²) < 4.78 is 2.47. The average molecular weight is 352 g/mol. The topological polar surface area (TPSA) is 77.2 Å². The van der Waals surface area contributed by atoms with Gasteiger partial charge in [-0.05, 0) is 34.5 Å². The molecule has 0 aliphatic rings. The van der Waals surface area contributed by atoms with E-state index in [1.807, 2.05) is 6.92 Å². The van der Waals surface area contributed by atoms with Gasteiger partial charge in [-0.1, -0.05) is 13.0 Å². The van der Waals surface area contributed by atoms with E-state index >= 15 is 0 Å². The fraction of sp³-hybridized carbons (Fsp3) is 0.214. The third kappa shape index (κ3) is 3.30. The Bertz CT molecular complexity index is 709. The summed E-state index contributed by atoms with van der Waals surface area (Å²) in [6.45, 7) is 1.85. The predicted octanol–water partition coefficient (Wildman–Crippen LogP) is 3.51. The first-order valence-electron chi connectivity index (χ1n) is 6.33. The van der Waals surface area contributed by atoms with Gasteiger partial charge in [-0.25, -0.2) is 0 Å². The summed E-state index contributed by atoms with van der Waals surface area (Å²) in [4.78, 5) is 22.8. The van der Waals surface area contributed by atoms with Gasteiger partial charge in [0.25, 0.3) is 11.6 Å². The molecule has 0 fully saturated rings. The quantitative estimate of drug-likeness (QED) is 0.676. The molecule has 110 valence electrons. The lowest BCUT2D eigenvalue weighted by atomic mass is 10.1. The number of benzene rings is 1. The third-order valence-corrected chi connectivity index (χ3v) is 3.56. The van der Waals surface area contributed by atoms with Gasteiger partial charge in [0.1, 0.15) is 5.69 Å². The standard InChI is InChI=1S/C14H14BrN3O3/c1-3-9-4-5-11(7-12(9)18(20)21)16-14(19)13-6-10(15)8-17(13)2/h4-8H,3H2,1-2H3,(H,16,19). The van der Waals surface area contributed by atoms with Crippen molar-refractivity contribution in [2.75, 3.05) is 5.32 Å². The number of anilines is 1. The van der Waals surface area contributed by atoms with Crippen LogP contribution in [0.1, 0.15) is 23.0 Å². The SMILES string of the molecule is CCc1ccc(NC(=O)c2cc(Br)cn2C)cc1[N+](=O)[O-]. The molecule has 6 nitrogen and oxygen atoms in total. The van der Waals surface area contributed by atoms with E-state index in [0.717, 1.165) is 4.47 Å². The number of nitro benzene ring substituents is 1. The van der Waals surface area contributed by atoms with Crippen molar-refractivity contribution < 1.29 is 9.72 Å². The predicted molar refractivity (Wildman–Crippen MR) is 83.5 cm³/mol. The Morgan fingerprint density at radius 2 is 2.14 bits per heavy atom. The summed E-state index contributed by atoms with van der Waals surface area (Å²) in [5.41, 5.74) is 1.52. The van der Waals surface area contributed by atoms with Crippen LogP contribution in [0, 0.1) is 10.1 Å². The van der Waals surface area contributed by atoms with Gasteiger partial charge in [0.15, 0.2) is 0 Å². The number of hydrogen-bond acceptors (Lipinski definition) is 3. The largest absolute Gasteiger partial charge is 0.345 e. The van der Waals surface area contributed by atoms with Crippen molar-refractivity contribution in [2.45, 2.75) is 13.3 Å². The number of hydrogen-bond donors (Lipinski definition) is 1. The van der Waals surface area contributed by atoms with E-state index in [0.29, 0.717) is 23.4 Å². The molecule has 0 atom stereocenters. The first kappa shape index (κ1) is 15.2. The van der Waals surface area contributed by atoms with Gasteiger partial charge in [-0.2, -0.15) is 0 Å². The lowest BCUT2D eigenvalue weighted by Gasteiger charge is -2.07. The number of rotatable bonds is 4. The monoisotopic (exact) mass is 351 g/mol. The molecule has 2 rings (SSSR count). The molecule has 0 radical (unpaired) electrons. The van der Waals surface area contributed by atoms with Crippen molar-refractivity contribution in [1.82, 2.24) is 4.57 Å². The van der Waals surface area contributed by atoms with Crippen LogP contribution in [-0.2, 0) is 13.5 Å². The number of aromatic nitrogens is 1. The molecule has 0 saturated heterocycles. The number of nitrogens with one attached hydrogen (secondary N) is 1. The van der Waals surface area contributed by atoms with Crippen LogP contribution in [0.2, 0.25) is 0 Å². The first-order valence-corrected chi connectivity index (χ1v) is 7.12. The van der Waals surface area contributed by atoms with Crippen LogP contribution in [0.25, 0.3) is 0 Å². The second kappa shape index (κ2) is 6.09. The minimum absolute atomic E-state index is 0.0170. The average Bonchev–Trinajstić information content (AvgIpc) is 2.77. The van der Waals surface area contributed by atoms with Crippen LogP contribution in [0.15, 0.2) is 34.9 Å². The van der Waals surface area contributed by atoms with Crippen LogP contribution in [-0.4, -0.2) is 15.4 Å². The van der Waals surface area contributed by atoms with Crippen molar-refractivity contribution in [3.8, 4) is 0 Å². The summed E-state index contributed by atoms with van der Waals surface area (Å²) in [6.07, 6.45) is 2.33. The number of amides is 1. The molecular formula is C14H14BrN3O3. The Kier molecular flexibility index (Phi) is 4.42. The van der Waals surface area contributed by atoms with E-state index in [9.17, 15) is 14.9 Å². The Morgan fingerprint density at radius 1 is 1.43 bits per heavy atom. The summed E-state index contributed by atoms with van der Waals surface area (Å²) in [5.74, 6) is -0.318. The molecule has 1 aromatic carbocycles. The van der Waals surface area contributed by atoms with E-state index in [4.69, 9.17) is 0 Å². The van der Waals surface area contributed by atoms with Gasteiger partial charge in [0.05, 0.1) is 4.92 Å². The molecule has 1 aromatic heterocycles. The fourth-order valence-corrected chi connectivity index (χ4v) is 2.58. The molecule has 0 bridgehead atoms. The molecule has 0 aliphatic carbocycles. The molecule has 0 aliphatic heterocycles. The molecular weight excluding hydrogens is 338 g/mol. The lowest BCUT2D eigenvalue weighted by molar-refractivity contribution is -0.385. The summed E-state index contributed by atoms with van der Waals surface area (Å²) >= 11 is 3.30. The van der Waals surface area contributed by atoms with Gasteiger partial charge in [0.2, 0.25) is 0 Å². The first-order chi connectivity index (χ1) is 9.92. The Hall–Kier alpha value is -2.15. The summed E-state index contributed by atoms with van der Waals surface area (Å²) in [6, 6.07) is 6.40. The highest BCUT2D eigenvalue weighted by Gasteiger charge is 2.16. The Morgan fingerprint density at radius 3 is 2.67 bits per heavy atom. The minimum Gasteiger partial charge on any atom is -0.345 e. The van der Waals surface area contributed by atoms with Gasteiger partial charge in [-0.15, -0.1) is 0 Å². The Balaban J connectivity index is 2.27. The van der Waals surface area contributed by atoms with Gasteiger partial charge in [-0.3, -0.25) is 14.9 Å². The number of nitrogens with zero attached hydrogens (tertiary/aromatic N) is 2. The van der Waals surface area contributed by atoms with Crippen molar-refractivity contribution in [3.05, 3.63) is 56.3 Å². The fourth-order valence-electron chi connectivity index (χ4n) is 2.06. The van der Waals surface area contributed by atoms with E-state index in [2.05, 4.69) is 21.2 Å². The molecule has 21 heavy (non-hydrogen) atoms. The second-order valence-electron chi connectivity index (χ2n) is 4.56. The maximum Gasteiger partial charge on any atom is 0.274 e. The number of aryl methyl sites for hydroxylation is 2. The van der Waals surface area contributed by atoms with E-state index in [-0.39, 0.29) is 11.6 Å². The molecule has 0 spiro atoms. The zero-order chi connectivity index (χ0) is 15.6. The highest BCUT2D eigenvalue weighted by molar-refractivity contribution is 9.10. The summed E-state index contributed by atoms with van der Waals surface area (Å²) in [7, 11) is 1.75. The molecule has 7 heteroatoms. The zero-order valence-electron chi connectivity index (χ0n) is 11.6. The number of carbonyl (C=O) groups is 1. The molecule has 2 aromatic rings. The van der Waals surface area contributed by atoms with Crippen molar-refractivity contribution in [3.63, 3.8) is 0 Å². The number of carbonyl (C=O) groups excluding carboxylic acids is 1. The molecule has 1 N–H and O–H groups in total. The maximum atomic E-state index is 12.2. The van der Waals surface area contributed by atoms with E-state index in [1.165, 1.54) is 6.07 Å². The summed E-state index contributed by atoms with van der Waals surface area (Å²) in [5, 5.41) is 13.7. The van der Waals surface area contributed by atoms with E-state index < -0.39 is 4.92 Å². The van der Waals surface area contributed by atoms with Crippen LogP contribution >= 0.6 is 15.9 Å². The van der Waals surface area contributed by atoms with Crippen molar-refractivity contribution in [2.24, 2.45) is 7.05 Å².